The molecule has 1 aliphatic heterocycles. The third kappa shape index (κ3) is 1.17. The van der Waals surface area contributed by atoms with Crippen LogP contribution in [0.25, 0.3) is 17.0 Å². The van der Waals surface area contributed by atoms with Crippen molar-refractivity contribution in [3.8, 4) is 0 Å². The van der Waals surface area contributed by atoms with E-state index in [9.17, 15) is 5.21 Å². The molecule has 1 N–H and O–H groups in total. The maximum atomic E-state index is 9.81. The number of aromatic nitrogens is 1. The molecule has 0 spiro atoms. The normalized spacial score (nSPS) is 14.3. The first-order valence-corrected chi connectivity index (χ1v) is 4.79. The molecular formula is C12H10N2O. The predicted molar refractivity (Wildman–Crippen MR) is 60.7 cm³/mol. The van der Waals surface area contributed by atoms with Crippen molar-refractivity contribution in [2.24, 2.45) is 0 Å². The van der Waals surface area contributed by atoms with E-state index in [4.69, 9.17) is 0 Å². The van der Waals surface area contributed by atoms with E-state index in [1.54, 1.807) is 12.3 Å². The SMILES string of the molecule is ON1C=CC=Cn2cc3ccccc3c21. The van der Waals surface area contributed by atoms with Gasteiger partial charge >= 0.3 is 0 Å². The number of hydrogen-bond donors (Lipinski definition) is 1. The summed E-state index contributed by atoms with van der Waals surface area (Å²) >= 11 is 0. The minimum Gasteiger partial charge on any atom is -0.307 e. The zero-order valence-electron chi connectivity index (χ0n) is 8.04. The van der Waals surface area contributed by atoms with Crippen LogP contribution < -0.4 is 5.06 Å². The number of nitrogens with zero attached hydrogens (tertiary/aromatic N) is 2. The average Bonchev–Trinajstić information content (AvgIpc) is 2.53. The Kier molecular flexibility index (Phi) is 1.66. The fourth-order valence-electron chi connectivity index (χ4n) is 1.86. The fraction of sp³-hybridized carbons (Fsp3) is 0. The molecule has 0 unspecified atom stereocenters. The van der Waals surface area contributed by atoms with Gasteiger partial charge in [0.15, 0.2) is 0 Å². The second kappa shape index (κ2) is 3.00. The van der Waals surface area contributed by atoms with E-state index >= 15 is 0 Å². The Morgan fingerprint density at radius 1 is 1.00 bits per heavy atom. The van der Waals surface area contributed by atoms with E-state index in [0.717, 1.165) is 21.7 Å². The topological polar surface area (TPSA) is 28.4 Å². The third-order valence-electron chi connectivity index (χ3n) is 2.53. The molecule has 0 radical (unpaired) electrons. The van der Waals surface area contributed by atoms with Gasteiger partial charge in [-0.3, -0.25) is 5.21 Å². The Morgan fingerprint density at radius 2 is 1.80 bits per heavy atom. The van der Waals surface area contributed by atoms with Gasteiger partial charge in [-0.1, -0.05) is 24.3 Å². The van der Waals surface area contributed by atoms with Crippen LogP contribution in [0.2, 0.25) is 0 Å². The molecule has 0 atom stereocenters. The molecular weight excluding hydrogens is 188 g/mol. The van der Waals surface area contributed by atoms with Crippen molar-refractivity contribution in [3.63, 3.8) is 0 Å². The molecule has 3 rings (SSSR count). The van der Waals surface area contributed by atoms with Gasteiger partial charge in [0.25, 0.3) is 0 Å². The Bertz CT molecular complexity index is 566. The average molecular weight is 198 g/mol. The van der Waals surface area contributed by atoms with Crippen LogP contribution in [-0.2, 0) is 0 Å². The molecule has 1 aliphatic rings. The van der Waals surface area contributed by atoms with Gasteiger partial charge in [-0.25, -0.2) is 5.06 Å². The smallest absolute Gasteiger partial charge is 0.149 e. The summed E-state index contributed by atoms with van der Waals surface area (Å²) in [5.41, 5.74) is 0. The summed E-state index contributed by atoms with van der Waals surface area (Å²) < 4.78 is 1.91. The van der Waals surface area contributed by atoms with Crippen LogP contribution in [0.15, 0.2) is 48.8 Å². The van der Waals surface area contributed by atoms with Gasteiger partial charge in [-0.2, -0.15) is 0 Å². The van der Waals surface area contributed by atoms with Crippen molar-refractivity contribution < 1.29 is 5.21 Å². The number of fused-ring (bicyclic) bond motifs is 3. The van der Waals surface area contributed by atoms with Crippen molar-refractivity contribution >= 4 is 22.8 Å². The highest BCUT2D eigenvalue weighted by Gasteiger charge is 2.12. The van der Waals surface area contributed by atoms with Crippen LogP contribution in [0.5, 0.6) is 0 Å². The lowest BCUT2D eigenvalue weighted by Crippen LogP contribution is -2.11. The molecule has 0 amide bonds. The molecule has 0 aliphatic carbocycles. The third-order valence-corrected chi connectivity index (χ3v) is 2.53. The number of rotatable bonds is 0. The highest BCUT2D eigenvalue weighted by Crippen LogP contribution is 2.29. The monoisotopic (exact) mass is 198 g/mol. The van der Waals surface area contributed by atoms with Crippen molar-refractivity contribution in [1.82, 2.24) is 4.57 Å². The largest absolute Gasteiger partial charge is 0.307 e. The summed E-state index contributed by atoms with van der Waals surface area (Å²) in [6.45, 7) is 0. The first-order chi connectivity index (χ1) is 7.36. The number of anilines is 1. The molecule has 0 saturated carbocycles. The highest BCUT2D eigenvalue weighted by atomic mass is 16.5. The fourth-order valence-corrected chi connectivity index (χ4v) is 1.86. The Hall–Kier alpha value is -2.00. The maximum Gasteiger partial charge on any atom is 0.149 e. The molecule has 15 heavy (non-hydrogen) atoms. The van der Waals surface area contributed by atoms with E-state index in [0.29, 0.717) is 0 Å². The molecule has 2 heterocycles. The summed E-state index contributed by atoms with van der Waals surface area (Å²) in [7, 11) is 0. The van der Waals surface area contributed by atoms with E-state index in [1.807, 2.05) is 47.3 Å². The van der Waals surface area contributed by atoms with E-state index in [-0.39, 0.29) is 0 Å². The first kappa shape index (κ1) is 8.32. The second-order valence-electron chi connectivity index (χ2n) is 3.47. The van der Waals surface area contributed by atoms with Gasteiger partial charge in [0, 0.05) is 29.4 Å². The van der Waals surface area contributed by atoms with E-state index in [1.165, 1.54) is 0 Å². The summed E-state index contributed by atoms with van der Waals surface area (Å²) in [5, 5.41) is 13.1. The lowest BCUT2D eigenvalue weighted by Gasteiger charge is -2.11. The van der Waals surface area contributed by atoms with Crippen LogP contribution in [0.4, 0.5) is 5.82 Å². The van der Waals surface area contributed by atoms with Gasteiger partial charge in [0.1, 0.15) is 5.82 Å². The molecule has 1 aromatic carbocycles. The summed E-state index contributed by atoms with van der Waals surface area (Å²) in [5.74, 6) is 0.774. The molecule has 3 nitrogen and oxygen atoms in total. The standard InChI is InChI=1S/C12H10N2O/c15-14-8-4-3-7-13-9-10-5-1-2-6-11(10)12(13)14/h1-9,15H. The second-order valence-corrected chi connectivity index (χ2v) is 3.47. The zero-order chi connectivity index (χ0) is 10.3. The van der Waals surface area contributed by atoms with E-state index in [2.05, 4.69) is 0 Å². The van der Waals surface area contributed by atoms with Gasteiger partial charge in [-0.15, -0.1) is 0 Å². The number of allylic oxidation sites excluding steroid dienone is 2. The molecule has 0 bridgehead atoms. The summed E-state index contributed by atoms with van der Waals surface area (Å²) in [6.07, 6.45) is 9.22. The van der Waals surface area contributed by atoms with Gasteiger partial charge in [-0.05, 0) is 12.2 Å². The van der Waals surface area contributed by atoms with Crippen LogP contribution in [0.1, 0.15) is 0 Å². The molecule has 74 valence electrons. The lowest BCUT2D eigenvalue weighted by molar-refractivity contribution is 0.293. The minimum atomic E-state index is 0.774. The zero-order valence-corrected chi connectivity index (χ0v) is 8.04. The van der Waals surface area contributed by atoms with Gasteiger partial charge < -0.3 is 4.57 Å². The Labute approximate surface area is 87.1 Å². The Balaban J connectivity index is 2.38. The van der Waals surface area contributed by atoms with Crippen molar-refractivity contribution in [1.29, 1.82) is 0 Å². The molecule has 0 saturated heterocycles. The van der Waals surface area contributed by atoms with Crippen LogP contribution >= 0.6 is 0 Å². The van der Waals surface area contributed by atoms with Gasteiger partial charge in [0.05, 0.1) is 0 Å². The lowest BCUT2D eigenvalue weighted by atomic mass is 10.2. The van der Waals surface area contributed by atoms with Crippen LogP contribution in [0, 0.1) is 0 Å². The summed E-state index contributed by atoms with van der Waals surface area (Å²) in [4.78, 5) is 0. The van der Waals surface area contributed by atoms with Crippen LogP contribution in [-0.4, -0.2) is 9.77 Å². The maximum absolute atomic E-state index is 9.81. The Morgan fingerprint density at radius 3 is 2.73 bits per heavy atom. The first-order valence-electron chi connectivity index (χ1n) is 4.79. The number of hydrogen-bond acceptors (Lipinski definition) is 2. The van der Waals surface area contributed by atoms with Crippen LogP contribution in [0.3, 0.4) is 0 Å². The molecule has 2 aromatic rings. The van der Waals surface area contributed by atoms with Crippen molar-refractivity contribution in [2.75, 3.05) is 5.06 Å². The predicted octanol–water partition coefficient (Wildman–Crippen LogP) is 2.83. The molecule has 1 aromatic heterocycles. The quantitative estimate of drug-likeness (QED) is 0.705. The van der Waals surface area contributed by atoms with Gasteiger partial charge in [0.2, 0.25) is 0 Å². The minimum absolute atomic E-state index is 0.774. The van der Waals surface area contributed by atoms with E-state index < -0.39 is 0 Å². The molecule has 3 heteroatoms. The number of benzene rings is 1. The number of hydroxylamine groups is 1. The summed E-state index contributed by atoms with van der Waals surface area (Å²) in [6, 6.07) is 7.98. The molecule has 0 fully saturated rings. The van der Waals surface area contributed by atoms with Crippen molar-refractivity contribution in [3.05, 3.63) is 48.8 Å². The highest BCUT2D eigenvalue weighted by molar-refractivity contribution is 5.95. The van der Waals surface area contributed by atoms with Crippen molar-refractivity contribution in [2.45, 2.75) is 0 Å².